The molecule has 0 amide bonds. The summed E-state index contributed by atoms with van der Waals surface area (Å²) in [6, 6.07) is 0. The molecule has 1 N–H and O–H groups in total. The average Bonchev–Trinajstić information content (AvgIpc) is 2.61. The third kappa shape index (κ3) is 2.34. The lowest BCUT2D eigenvalue weighted by Crippen LogP contribution is -2.00. The maximum Gasteiger partial charge on any atom is 0.0464 e. The molecule has 0 spiro atoms. The van der Waals surface area contributed by atoms with Crippen molar-refractivity contribution in [1.82, 2.24) is 0 Å². The van der Waals surface area contributed by atoms with Crippen LogP contribution in [0.3, 0.4) is 0 Å². The minimum Gasteiger partial charge on any atom is -0.396 e. The van der Waals surface area contributed by atoms with Crippen molar-refractivity contribution < 1.29 is 5.11 Å². The van der Waals surface area contributed by atoms with E-state index in [9.17, 15) is 0 Å². The first-order chi connectivity index (χ1) is 5.58. The van der Waals surface area contributed by atoms with Gasteiger partial charge >= 0.3 is 0 Å². The van der Waals surface area contributed by atoms with Gasteiger partial charge in [0.05, 0.1) is 0 Å². The molecule has 1 saturated carbocycles. The molecule has 0 aliphatic heterocycles. The number of aliphatic hydroxyl groups is 1. The summed E-state index contributed by atoms with van der Waals surface area (Å²) in [5.74, 6) is 0.586. The zero-order valence-corrected chi connectivity index (χ0v) is 8.43. The Labute approximate surface area is 75.5 Å². The van der Waals surface area contributed by atoms with Crippen LogP contribution >= 0.6 is 0 Å². The first-order valence-electron chi connectivity index (χ1n) is 4.83. The van der Waals surface area contributed by atoms with E-state index in [1.54, 1.807) is 0 Å². The third-order valence-electron chi connectivity index (χ3n) is 3.03. The third-order valence-corrected chi connectivity index (χ3v) is 3.03. The van der Waals surface area contributed by atoms with Crippen LogP contribution in [0.5, 0.6) is 0 Å². The predicted molar refractivity (Wildman–Crippen MR) is 52.0 cm³/mol. The maximum atomic E-state index is 8.93. The van der Waals surface area contributed by atoms with Crippen molar-refractivity contribution in [3.05, 3.63) is 11.6 Å². The van der Waals surface area contributed by atoms with Gasteiger partial charge in [-0.05, 0) is 44.4 Å². The van der Waals surface area contributed by atoms with Crippen molar-refractivity contribution in [1.29, 1.82) is 0 Å². The van der Waals surface area contributed by atoms with Crippen molar-refractivity contribution in [2.24, 2.45) is 11.3 Å². The molecule has 1 nitrogen and oxygen atoms in total. The van der Waals surface area contributed by atoms with Crippen LogP contribution in [0.1, 0.15) is 40.0 Å². The fourth-order valence-corrected chi connectivity index (χ4v) is 1.79. The zero-order valence-electron chi connectivity index (χ0n) is 8.43. The fraction of sp³-hybridized carbons (Fsp3) is 0.818. The van der Waals surface area contributed by atoms with E-state index in [0.29, 0.717) is 17.9 Å². The highest BCUT2D eigenvalue weighted by Crippen LogP contribution is 2.55. The Bertz CT molecular complexity index is 179. The molecule has 1 fully saturated rings. The van der Waals surface area contributed by atoms with Gasteiger partial charge in [0.2, 0.25) is 0 Å². The SMILES string of the molecule is CC(C)=CCC[C@]1(C)C[C@H]1CO. The predicted octanol–water partition coefficient (Wildman–Crippen LogP) is 2.75. The average molecular weight is 168 g/mol. The lowest BCUT2D eigenvalue weighted by molar-refractivity contribution is 0.250. The highest BCUT2D eigenvalue weighted by molar-refractivity contribution is 5.01. The van der Waals surface area contributed by atoms with Gasteiger partial charge in [0.15, 0.2) is 0 Å². The van der Waals surface area contributed by atoms with Crippen LogP contribution in [-0.2, 0) is 0 Å². The molecule has 1 heteroatoms. The minimum absolute atomic E-state index is 0.380. The molecule has 1 aliphatic carbocycles. The number of aliphatic hydroxyl groups excluding tert-OH is 1. The van der Waals surface area contributed by atoms with Gasteiger partial charge in [-0.3, -0.25) is 0 Å². The van der Waals surface area contributed by atoms with Crippen molar-refractivity contribution in [3.63, 3.8) is 0 Å². The van der Waals surface area contributed by atoms with E-state index < -0.39 is 0 Å². The smallest absolute Gasteiger partial charge is 0.0464 e. The van der Waals surface area contributed by atoms with E-state index in [-0.39, 0.29) is 0 Å². The van der Waals surface area contributed by atoms with Crippen LogP contribution in [0.15, 0.2) is 11.6 Å². The van der Waals surface area contributed by atoms with Gasteiger partial charge in [0, 0.05) is 6.61 Å². The normalized spacial score (nSPS) is 33.2. The van der Waals surface area contributed by atoms with E-state index in [0.717, 1.165) is 0 Å². The second-order valence-electron chi connectivity index (χ2n) is 4.56. The molecule has 1 aliphatic rings. The summed E-state index contributed by atoms with van der Waals surface area (Å²) in [5.41, 5.74) is 1.86. The molecule has 0 bridgehead atoms. The molecular weight excluding hydrogens is 148 g/mol. The van der Waals surface area contributed by atoms with Crippen molar-refractivity contribution in [2.75, 3.05) is 6.61 Å². The van der Waals surface area contributed by atoms with Gasteiger partial charge < -0.3 is 5.11 Å². The highest BCUT2D eigenvalue weighted by atomic mass is 16.3. The maximum absolute atomic E-state index is 8.93. The largest absolute Gasteiger partial charge is 0.396 e. The van der Waals surface area contributed by atoms with Crippen LogP contribution in [0, 0.1) is 11.3 Å². The molecule has 2 atom stereocenters. The lowest BCUT2D eigenvalue weighted by atomic mass is 9.99. The van der Waals surface area contributed by atoms with Crippen molar-refractivity contribution in [2.45, 2.75) is 40.0 Å². The second-order valence-corrected chi connectivity index (χ2v) is 4.56. The molecule has 1 rings (SSSR count). The van der Waals surface area contributed by atoms with Gasteiger partial charge in [-0.2, -0.15) is 0 Å². The number of hydrogen-bond donors (Lipinski definition) is 1. The van der Waals surface area contributed by atoms with Crippen LogP contribution in [0.4, 0.5) is 0 Å². The van der Waals surface area contributed by atoms with E-state index in [1.165, 1.54) is 24.8 Å². The van der Waals surface area contributed by atoms with Gasteiger partial charge in [-0.15, -0.1) is 0 Å². The number of hydrogen-bond acceptors (Lipinski definition) is 1. The Kier molecular flexibility index (Phi) is 2.94. The van der Waals surface area contributed by atoms with Crippen LogP contribution < -0.4 is 0 Å². The van der Waals surface area contributed by atoms with Crippen molar-refractivity contribution >= 4 is 0 Å². The molecule has 0 saturated heterocycles. The van der Waals surface area contributed by atoms with E-state index >= 15 is 0 Å². The Hall–Kier alpha value is -0.300. The first-order valence-corrected chi connectivity index (χ1v) is 4.83. The number of allylic oxidation sites excluding steroid dienone is 2. The topological polar surface area (TPSA) is 20.2 Å². The summed E-state index contributed by atoms with van der Waals surface area (Å²) < 4.78 is 0. The fourth-order valence-electron chi connectivity index (χ4n) is 1.79. The minimum atomic E-state index is 0.380. The molecule has 0 aromatic carbocycles. The molecule has 0 unspecified atom stereocenters. The summed E-state index contributed by atoms with van der Waals surface area (Å²) in [6.07, 6.45) is 5.93. The van der Waals surface area contributed by atoms with Crippen molar-refractivity contribution in [3.8, 4) is 0 Å². The quantitative estimate of drug-likeness (QED) is 0.640. The Morgan fingerprint density at radius 2 is 2.25 bits per heavy atom. The standard InChI is InChI=1S/C11H20O/c1-9(2)5-4-6-11(3)7-10(11)8-12/h5,10,12H,4,6-8H2,1-3H3/t10-,11+/m0/s1. The zero-order chi connectivity index (χ0) is 9.19. The monoisotopic (exact) mass is 168 g/mol. The van der Waals surface area contributed by atoms with E-state index in [1.807, 2.05) is 0 Å². The number of rotatable bonds is 4. The molecule has 70 valence electrons. The molecule has 0 aromatic rings. The lowest BCUT2D eigenvalue weighted by Gasteiger charge is -2.07. The first kappa shape index (κ1) is 9.79. The summed E-state index contributed by atoms with van der Waals surface area (Å²) >= 11 is 0. The van der Waals surface area contributed by atoms with E-state index in [4.69, 9.17) is 5.11 Å². The second kappa shape index (κ2) is 3.61. The van der Waals surface area contributed by atoms with Gasteiger partial charge in [0.1, 0.15) is 0 Å². The van der Waals surface area contributed by atoms with Crippen LogP contribution in [0.2, 0.25) is 0 Å². The van der Waals surface area contributed by atoms with Gasteiger partial charge in [-0.25, -0.2) is 0 Å². The Morgan fingerprint density at radius 3 is 2.67 bits per heavy atom. The summed E-state index contributed by atoms with van der Waals surface area (Å²) in [6.45, 7) is 6.94. The van der Waals surface area contributed by atoms with Gasteiger partial charge in [0.25, 0.3) is 0 Å². The molecule has 0 radical (unpaired) electrons. The Morgan fingerprint density at radius 1 is 1.58 bits per heavy atom. The summed E-state index contributed by atoms with van der Waals surface area (Å²) in [7, 11) is 0. The summed E-state index contributed by atoms with van der Waals surface area (Å²) in [5, 5.41) is 8.93. The highest BCUT2D eigenvalue weighted by Gasteiger charge is 2.48. The molecular formula is C11H20O. The molecule has 0 aromatic heterocycles. The summed E-state index contributed by atoms with van der Waals surface area (Å²) in [4.78, 5) is 0. The molecule has 12 heavy (non-hydrogen) atoms. The Balaban J connectivity index is 2.21. The van der Waals surface area contributed by atoms with Gasteiger partial charge in [-0.1, -0.05) is 18.6 Å². The van der Waals surface area contributed by atoms with E-state index in [2.05, 4.69) is 26.8 Å². The van der Waals surface area contributed by atoms with Crippen LogP contribution in [-0.4, -0.2) is 11.7 Å². The van der Waals surface area contributed by atoms with Crippen LogP contribution in [0.25, 0.3) is 0 Å². The molecule has 0 heterocycles.